The zero-order valence-corrected chi connectivity index (χ0v) is 23.5. The third-order valence-electron chi connectivity index (χ3n) is 5.89. The number of esters is 1. The number of ether oxygens (including phenoxy) is 3. The number of nitrogens with zero attached hydrogens (tertiary/aromatic N) is 2. The van der Waals surface area contributed by atoms with E-state index < -0.39 is 27.5 Å². The van der Waals surface area contributed by atoms with Gasteiger partial charge in [-0.1, -0.05) is 47.5 Å². The van der Waals surface area contributed by atoms with Crippen molar-refractivity contribution in [3.05, 3.63) is 87.3 Å². The van der Waals surface area contributed by atoms with Crippen LogP contribution in [0.15, 0.2) is 65.8 Å². The molecule has 1 aromatic heterocycles. The van der Waals surface area contributed by atoms with Gasteiger partial charge >= 0.3 is 5.97 Å². The highest BCUT2D eigenvalue weighted by Crippen LogP contribution is 2.37. The first kappa shape index (κ1) is 28.3. The number of pyridine rings is 1. The van der Waals surface area contributed by atoms with E-state index in [2.05, 4.69) is 0 Å². The Morgan fingerprint density at radius 3 is 2.39 bits per heavy atom. The standard InChI is InChI=1S/C25H24Cl2N2O7S2/c1-34-21-9-8-16(12-23(21)35-2)22(13-18-19(26)14-28(31)15-20(18)27)36-25(30)24-29(10-11-37-24)38(32,33)17-6-4-3-5-7-17/h3-9,12,14-15,22,24H,10-11,13H2,1-2H3. The lowest BCUT2D eigenvalue weighted by molar-refractivity contribution is -0.605. The van der Waals surface area contributed by atoms with Gasteiger partial charge < -0.3 is 19.4 Å². The molecule has 2 aromatic carbocycles. The molecule has 0 radical (unpaired) electrons. The van der Waals surface area contributed by atoms with E-state index in [1.807, 2.05) is 0 Å². The first-order chi connectivity index (χ1) is 18.1. The van der Waals surface area contributed by atoms with Gasteiger partial charge in [0.1, 0.15) is 16.1 Å². The van der Waals surface area contributed by atoms with E-state index in [9.17, 15) is 18.4 Å². The van der Waals surface area contributed by atoms with Crippen molar-refractivity contribution in [2.24, 2.45) is 0 Å². The second-order valence-corrected chi connectivity index (χ2v) is 12.1. The largest absolute Gasteiger partial charge is 0.619 e. The molecule has 1 aliphatic rings. The minimum atomic E-state index is -3.93. The average Bonchev–Trinajstić information content (AvgIpc) is 3.41. The number of hydrogen-bond acceptors (Lipinski definition) is 8. The summed E-state index contributed by atoms with van der Waals surface area (Å²) in [6, 6.07) is 12.9. The Morgan fingerprint density at radius 2 is 1.76 bits per heavy atom. The second kappa shape index (κ2) is 12.0. The molecule has 2 heterocycles. The van der Waals surface area contributed by atoms with Crippen LogP contribution in [0.2, 0.25) is 10.0 Å². The van der Waals surface area contributed by atoms with Crippen LogP contribution in [0.1, 0.15) is 17.2 Å². The first-order valence-electron chi connectivity index (χ1n) is 11.3. The summed E-state index contributed by atoms with van der Waals surface area (Å²) in [5, 5.41) is 10.8. The summed E-state index contributed by atoms with van der Waals surface area (Å²) in [6.07, 6.45) is 1.37. The Kier molecular flexibility index (Phi) is 8.94. The van der Waals surface area contributed by atoms with E-state index in [1.54, 1.807) is 36.4 Å². The van der Waals surface area contributed by atoms with Crippen molar-refractivity contribution in [1.29, 1.82) is 0 Å². The molecule has 13 heteroatoms. The lowest BCUT2D eigenvalue weighted by atomic mass is 10.0. The number of carbonyl (C=O) groups excluding carboxylic acids is 1. The first-order valence-corrected chi connectivity index (χ1v) is 14.6. The molecule has 2 atom stereocenters. The van der Waals surface area contributed by atoms with Crippen molar-refractivity contribution in [3.8, 4) is 11.5 Å². The van der Waals surface area contributed by atoms with Gasteiger partial charge in [0.05, 0.1) is 19.1 Å². The third kappa shape index (κ3) is 5.97. The number of thioether (sulfide) groups is 1. The molecule has 9 nitrogen and oxygen atoms in total. The van der Waals surface area contributed by atoms with Crippen LogP contribution >= 0.6 is 35.0 Å². The maximum Gasteiger partial charge on any atom is 0.335 e. The minimum Gasteiger partial charge on any atom is -0.619 e. The molecule has 0 spiro atoms. The maximum atomic E-state index is 13.5. The molecular weight excluding hydrogens is 575 g/mol. The predicted molar refractivity (Wildman–Crippen MR) is 144 cm³/mol. The van der Waals surface area contributed by atoms with Gasteiger partial charge in [-0.15, -0.1) is 11.8 Å². The molecule has 2 unspecified atom stereocenters. The number of aromatic nitrogens is 1. The normalized spacial score (nSPS) is 16.7. The number of rotatable bonds is 9. The van der Waals surface area contributed by atoms with Crippen LogP contribution in [0.5, 0.6) is 11.5 Å². The Hall–Kier alpha value is -2.70. The van der Waals surface area contributed by atoms with E-state index in [4.69, 9.17) is 37.4 Å². The van der Waals surface area contributed by atoms with Gasteiger partial charge in [-0.25, -0.2) is 13.2 Å². The molecule has 3 aromatic rings. The lowest BCUT2D eigenvalue weighted by Gasteiger charge is -2.25. The Balaban J connectivity index is 1.68. The zero-order valence-electron chi connectivity index (χ0n) is 20.4. The Labute approximate surface area is 234 Å². The summed E-state index contributed by atoms with van der Waals surface area (Å²) in [5.41, 5.74) is 0.920. The fourth-order valence-corrected chi connectivity index (χ4v) is 7.67. The number of carbonyl (C=O) groups is 1. The second-order valence-electron chi connectivity index (χ2n) is 8.19. The molecule has 1 saturated heterocycles. The summed E-state index contributed by atoms with van der Waals surface area (Å²) in [4.78, 5) is 13.6. The molecule has 1 fully saturated rings. The van der Waals surface area contributed by atoms with Gasteiger partial charge in [0.25, 0.3) is 0 Å². The molecule has 0 bridgehead atoms. The Bertz CT molecular complexity index is 1400. The highest BCUT2D eigenvalue weighted by Gasteiger charge is 2.42. The molecule has 0 saturated carbocycles. The SMILES string of the molecule is COc1ccc(C(Cc2c(Cl)c[n+]([O-])cc2Cl)OC(=O)C2SCCN2S(=O)(=O)c2ccccc2)cc1OC. The fourth-order valence-electron chi connectivity index (χ4n) is 4.00. The smallest absolute Gasteiger partial charge is 0.335 e. The fraction of sp³-hybridized carbons (Fsp3) is 0.280. The molecule has 1 aliphatic heterocycles. The lowest BCUT2D eigenvalue weighted by Crippen LogP contribution is -2.40. The topological polar surface area (TPSA) is 109 Å². The highest BCUT2D eigenvalue weighted by molar-refractivity contribution is 8.02. The molecule has 0 N–H and O–H groups in total. The van der Waals surface area contributed by atoms with E-state index in [0.29, 0.717) is 33.1 Å². The van der Waals surface area contributed by atoms with E-state index in [0.717, 1.165) is 16.7 Å². The summed E-state index contributed by atoms with van der Waals surface area (Å²) in [6.45, 7) is 0.155. The summed E-state index contributed by atoms with van der Waals surface area (Å²) >= 11 is 13.8. The number of benzene rings is 2. The maximum absolute atomic E-state index is 13.5. The monoisotopic (exact) mass is 598 g/mol. The van der Waals surface area contributed by atoms with Gasteiger partial charge in [-0.2, -0.15) is 9.04 Å². The molecule has 0 amide bonds. The van der Waals surface area contributed by atoms with E-state index in [1.165, 1.54) is 38.1 Å². The van der Waals surface area contributed by atoms with Gasteiger partial charge in [-0.3, -0.25) is 0 Å². The molecule has 4 rings (SSSR count). The van der Waals surface area contributed by atoms with Crippen LogP contribution in [0.3, 0.4) is 0 Å². The van der Waals surface area contributed by atoms with Crippen LogP contribution in [-0.4, -0.2) is 50.6 Å². The van der Waals surface area contributed by atoms with Crippen molar-refractivity contribution in [3.63, 3.8) is 0 Å². The quantitative estimate of drug-likeness (QED) is 0.204. The summed E-state index contributed by atoms with van der Waals surface area (Å²) in [7, 11) is -0.965. The number of methoxy groups -OCH3 is 2. The van der Waals surface area contributed by atoms with E-state index >= 15 is 0 Å². The molecule has 38 heavy (non-hydrogen) atoms. The van der Waals surface area contributed by atoms with E-state index in [-0.39, 0.29) is 27.9 Å². The highest BCUT2D eigenvalue weighted by atomic mass is 35.5. The third-order valence-corrected chi connectivity index (χ3v) is 9.73. The zero-order chi connectivity index (χ0) is 27.4. The van der Waals surface area contributed by atoms with Crippen LogP contribution in [0.4, 0.5) is 0 Å². The van der Waals surface area contributed by atoms with Crippen molar-refractivity contribution in [2.75, 3.05) is 26.5 Å². The average molecular weight is 600 g/mol. The van der Waals surface area contributed by atoms with Crippen LogP contribution in [-0.2, 0) is 26.0 Å². The van der Waals surface area contributed by atoms with Crippen molar-refractivity contribution in [1.82, 2.24) is 4.31 Å². The number of hydrogen-bond donors (Lipinski definition) is 0. The van der Waals surface area contributed by atoms with Gasteiger partial charge in [0, 0.05) is 24.3 Å². The summed E-state index contributed by atoms with van der Waals surface area (Å²) in [5.74, 6) is 0.550. The van der Waals surface area contributed by atoms with Gasteiger partial charge in [-0.05, 0) is 29.8 Å². The van der Waals surface area contributed by atoms with Crippen LogP contribution in [0, 0.1) is 5.21 Å². The molecule has 202 valence electrons. The van der Waals surface area contributed by atoms with Crippen LogP contribution < -0.4 is 14.2 Å². The molecular formula is C25H24Cl2N2O7S2. The predicted octanol–water partition coefficient (Wildman–Crippen LogP) is 4.23. The van der Waals surface area contributed by atoms with Crippen molar-refractivity contribution >= 4 is 51.0 Å². The Morgan fingerprint density at radius 1 is 1.11 bits per heavy atom. The van der Waals surface area contributed by atoms with Crippen LogP contribution in [0.25, 0.3) is 0 Å². The summed E-state index contributed by atoms with van der Waals surface area (Å²) < 4.78 is 44.8. The number of halogens is 2. The van der Waals surface area contributed by atoms with Crippen molar-refractivity contribution in [2.45, 2.75) is 22.8 Å². The van der Waals surface area contributed by atoms with Crippen molar-refractivity contribution < 1.29 is 32.2 Å². The molecule has 0 aliphatic carbocycles. The van der Waals surface area contributed by atoms with Gasteiger partial charge in [0.2, 0.25) is 10.0 Å². The number of sulfonamides is 1. The minimum absolute atomic E-state index is 0.0164. The van der Waals surface area contributed by atoms with Gasteiger partial charge in [0.15, 0.2) is 29.3 Å².